The molecule has 114 valence electrons. The second-order valence-corrected chi connectivity index (χ2v) is 5.65. The molecule has 0 bridgehead atoms. The number of rotatable bonds is 2. The average molecular weight is 327 g/mol. The zero-order chi connectivity index (χ0) is 15.8. The molecule has 0 radical (unpaired) electrons. The van der Waals surface area contributed by atoms with Crippen molar-refractivity contribution in [3.8, 4) is 0 Å². The van der Waals surface area contributed by atoms with Crippen molar-refractivity contribution in [2.24, 2.45) is 4.99 Å². The lowest BCUT2D eigenvalue weighted by molar-refractivity contribution is 0.484. The van der Waals surface area contributed by atoms with Crippen LogP contribution in [0.2, 0.25) is 5.02 Å². The van der Waals surface area contributed by atoms with Crippen LogP contribution in [0.3, 0.4) is 0 Å². The normalized spacial score (nSPS) is 16.4. The molecule has 1 aliphatic rings. The molecule has 23 heavy (non-hydrogen) atoms. The van der Waals surface area contributed by atoms with E-state index in [0.29, 0.717) is 22.1 Å². The van der Waals surface area contributed by atoms with Gasteiger partial charge in [0.15, 0.2) is 6.17 Å². The first kappa shape index (κ1) is 14.0. The van der Waals surface area contributed by atoms with Gasteiger partial charge in [0.2, 0.25) is 0 Å². The van der Waals surface area contributed by atoms with Crippen molar-refractivity contribution in [1.29, 1.82) is 0 Å². The largest absolute Gasteiger partial charge is 0.465 e. The van der Waals surface area contributed by atoms with E-state index in [1.54, 1.807) is 42.7 Å². The van der Waals surface area contributed by atoms with Crippen LogP contribution in [0.5, 0.6) is 0 Å². The zero-order valence-electron chi connectivity index (χ0n) is 12.0. The molecular formula is C18H12ClFN2O. The molecule has 2 aromatic carbocycles. The molecular weight excluding hydrogens is 315 g/mol. The Labute approximate surface area is 137 Å². The number of nitrogens with zero attached hydrogens (tertiary/aromatic N) is 1. The van der Waals surface area contributed by atoms with E-state index in [4.69, 9.17) is 16.0 Å². The number of hydrogen-bond donors (Lipinski definition) is 1. The number of benzene rings is 2. The van der Waals surface area contributed by atoms with E-state index in [0.717, 1.165) is 11.3 Å². The molecule has 3 nitrogen and oxygen atoms in total. The van der Waals surface area contributed by atoms with Crippen molar-refractivity contribution in [3.05, 3.63) is 88.6 Å². The second kappa shape index (κ2) is 5.56. The number of fused-ring (bicyclic) bond motifs is 1. The number of aliphatic imine (C=N–C) groups is 1. The van der Waals surface area contributed by atoms with E-state index < -0.39 is 6.17 Å². The SMILES string of the molecule is Fc1ccccc1C1=NC(c2ccco2)Nc2ccc(Cl)cc21. The van der Waals surface area contributed by atoms with Crippen LogP contribution in [0.4, 0.5) is 10.1 Å². The van der Waals surface area contributed by atoms with Crippen LogP contribution in [0.15, 0.2) is 70.3 Å². The number of anilines is 1. The Bertz CT molecular complexity index is 890. The molecule has 1 aromatic heterocycles. The van der Waals surface area contributed by atoms with Crippen LogP contribution in [-0.2, 0) is 0 Å². The standard InChI is InChI=1S/C18H12ClFN2O/c19-11-7-8-15-13(10-11)17(12-4-1-2-5-14(12)20)22-18(21-15)16-6-3-9-23-16/h1-10,18,21H. The van der Waals surface area contributed by atoms with Gasteiger partial charge in [-0.2, -0.15) is 0 Å². The maximum absolute atomic E-state index is 14.3. The van der Waals surface area contributed by atoms with Crippen LogP contribution in [-0.4, -0.2) is 5.71 Å². The summed E-state index contributed by atoms with van der Waals surface area (Å²) < 4.78 is 19.7. The van der Waals surface area contributed by atoms with Gasteiger partial charge in [-0.05, 0) is 42.5 Å². The van der Waals surface area contributed by atoms with E-state index in [1.807, 2.05) is 12.1 Å². The van der Waals surface area contributed by atoms with Gasteiger partial charge in [0.25, 0.3) is 0 Å². The Balaban J connectivity index is 1.91. The maximum Gasteiger partial charge on any atom is 0.178 e. The van der Waals surface area contributed by atoms with E-state index in [2.05, 4.69) is 10.3 Å². The van der Waals surface area contributed by atoms with Crippen LogP contribution in [0.25, 0.3) is 0 Å². The predicted molar refractivity (Wildman–Crippen MR) is 88.6 cm³/mol. The van der Waals surface area contributed by atoms with Gasteiger partial charge in [-0.15, -0.1) is 0 Å². The van der Waals surface area contributed by atoms with E-state index in [1.165, 1.54) is 6.07 Å². The lowest BCUT2D eigenvalue weighted by Gasteiger charge is -2.25. The van der Waals surface area contributed by atoms with Crippen LogP contribution >= 0.6 is 11.6 Å². The summed E-state index contributed by atoms with van der Waals surface area (Å²) >= 11 is 6.11. The number of furan rings is 1. The van der Waals surface area contributed by atoms with Gasteiger partial charge in [-0.25, -0.2) is 4.39 Å². The van der Waals surface area contributed by atoms with Crippen LogP contribution < -0.4 is 5.32 Å². The molecule has 0 aliphatic carbocycles. The fourth-order valence-electron chi connectivity index (χ4n) is 2.67. The molecule has 1 unspecified atom stereocenters. The van der Waals surface area contributed by atoms with Gasteiger partial charge < -0.3 is 9.73 Å². The molecule has 3 aromatic rings. The Morgan fingerprint density at radius 1 is 1.04 bits per heavy atom. The van der Waals surface area contributed by atoms with Gasteiger partial charge in [0.1, 0.15) is 11.6 Å². The highest BCUT2D eigenvalue weighted by Crippen LogP contribution is 2.34. The summed E-state index contributed by atoms with van der Waals surface area (Å²) in [5.74, 6) is 0.344. The average Bonchev–Trinajstić information content (AvgIpc) is 3.09. The summed E-state index contributed by atoms with van der Waals surface area (Å²) in [5.41, 5.74) is 2.60. The summed E-state index contributed by atoms with van der Waals surface area (Å²) in [4.78, 5) is 4.65. The second-order valence-electron chi connectivity index (χ2n) is 5.21. The summed E-state index contributed by atoms with van der Waals surface area (Å²) in [6.07, 6.45) is 1.18. The highest BCUT2D eigenvalue weighted by atomic mass is 35.5. The van der Waals surface area contributed by atoms with Crippen molar-refractivity contribution >= 4 is 23.0 Å². The van der Waals surface area contributed by atoms with E-state index >= 15 is 0 Å². The molecule has 1 aliphatic heterocycles. The summed E-state index contributed by atoms with van der Waals surface area (Å²) in [6.45, 7) is 0. The Morgan fingerprint density at radius 3 is 2.70 bits per heavy atom. The molecule has 1 N–H and O–H groups in total. The van der Waals surface area contributed by atoms with Crippen molar-refractivity contribution in [2.75, 3.05) is 5.32 Å². The minimum atomic E-state index is -0.409. The van der Waals surface area contributed by atoms with Crippen molar-refractivity contribution in [1.82, 2.24) is 0 Å². The van der Waals surface area contributed by atoms with Crippen molar-refractivity contribution < 1.29 is 8.81 Å². The summed E-state index contributed by atoms with van der Waals surface area (Å²) in [5, 5.41) is 3.86. The van der Waals surface area contributed by atoms with Crippen LogP contribution in [0, 0.1) is 5.82 Å². The van der Waals surface area contributed by atoms with E-state index in [-0.39, 0.29) is 5.82 Å². The molecule has 0 spiro atoms. The fourth-order valence-corrected chi connectivity index (χ4v) is 2.84. The summed E-state index contributed by atoms with van der Waals surface area (Å²) in [6, 6.07) is 15.6. The third-order valence-corrected chi connectivity index (χ3v) is 3.96. The van der Waals surface area contributed by atoms with Gasteiger partial charge in [0, 0.05) is 21.8 Å². The molecule has 0 amide bonds. The summed E-state index contributed by atoms with van der Waals surface area (Å²) in [7, 11) is 0. The smallest absolute Gasteiger partial charge is 0.178 e. The monoisotopic (exact) mass is 326 g/mol. The number of nitrogens with one attached hydrogen (secondary N) is 1. The molecule has 0 saturated heterocycles. The molecule has 1 atom stereocenters. The number of hydrogen-bond acceptors (Lipinski definition) is 3. The molecule has 0 saturated carbocycles. The zero-order valence-corrected chi connectivity index (χ0v) is 12.7. The van der Waals surface area contributed by atoms with Crippen LogP contribution in [0.1, 0.15) is 23.1 Å². The van der Waals surface area contributed by atoms with Crippen molar-refractivity contribution in [3.63, 3.8) is 0 Å². The quantitative estimate of drug-likeness (QED) is 0.717. The lowest BCUT2D eigenvalue weighted by Crippen LogP contribution is -2.21. The first-order valence-electron chi connectivity index (χ1n) is 7.15. The minimum Gasteiger partial charge on any atom is -0.465 e. The van der Waals surface area contributed by atoms with E-state index in [9.17, 15) is 4.39 Å². The molecule has 5 heteroatoms. The molecule has 2 heterocycles. The Morgan fingerprint density at radius 2 is 1.91 bits per heavy atom. The third kappa shape index (κ3) is 2.51. The van der Waals surface area contributed by atoms with Gasteiger partial charge >= 0.3 is 0 Å². The highest BCUT2D eigenvalue weighted by Gasteiger charge is 2.25. The van der Waals surface area contributed by atoms with Gasteiger partial charge in [-0.1, -0.05) is 23.7 Å². The first-order chi connectivity index (χ1) is 11.2. The topological polar surface area (TPSA) is 37.5 Å². The Kier molecular flexibility index (Phi) is 3.39. The maximum atomic E-state index is 14.3. The molecule has 4 rings (SSSR count). The van der Waals surface area contributed by atoms with Gasteiger partial charge in [0.05, 0.1) is 12.0 Å². The van der Waals surface area contributed by atoms with Crippen molar-refractivity contribution in [2.45, 2.75) is 6.17 Å². The number of halogens is 2. The first-order valence-corrected chi connectivity index (χ1v) is 7.53. The Hall–Kier alpha value is -2.59. The predicted octanol–water partition coefficient (Wildman–Crippen LogP) is 5.03. The third-order valence-electron chi connectivity index (χ3n) is 3.73. The fraction of sp³-hybridized carbons (Fsp3) is 0.0556. The molecule has 0 fully saturated rings. The lowest BCUT2D eigenvalue weighted by atomic mass is 9.98. The highest BCUT2D eigenvalue weighted by molar-refractivity contribution is 6.31. The van der Waals surface area contributed by atoms with Gasteiger partial charge in [-0.3, -0.25) is 4.99 Å². The minimum absolute atomic E-state index is 0.322.